The molecule has 2 aromatic carbocycles. The highest BCUT2D eigenvalue weighted by Gasteiger charge is 2.18. The van der Waals surface area contributed by atoms with Crippen LogP contribution >= 0.6 is 59.4 Å². The maximum atomic E-state index is 6.04. The van der Waals surface area contributed by atoms with Gasteiger partial charge in [0.05, 0.1) is 24.1 Å². The molecule has 0 aromatic heterocycles. The Morgan fingerprint density at radius 2 is 1.57 bits per heavy atom. The molecule has 0 saturated carbocycles. The number of alkyl halides is 1. The van der Waals surface area contributed by atoms with Gasteiger partial charge >= 0.3 is 0 Å². The minimum Gasteiger partial charge on any atom is -0.493 e. The Morgan fingerprint density at radius 3 is 2.14 bits per heavy atom. The van der Waals surface area contributed by atoms with Crippen LogP contribution in [0.1, 0.15) is 16.0 Å². The summed E-state index contributed by atoms with van der Waals surface area (Å²) < 4.78 is 12.5. The average molecular weight is 499 g/mol. The van der Waals surface area contributed by atoms with Gasteiger partial charge in [0.1, 0.15) is 0 Å². The molecule has 2 rings (SSSR count). The van der Waals surface area contributed by atoms with E-state index in [4.69, 9.17) is 21.1 Å². The third-order valence-corrected chi connectivity index (χ3v) is 5.93. The van der Waals surface area contributed by atoms with E-state index in [2.05, 4.69) is 47.8 Å². The first-order valence-corrected chi connectivity index (χ1v) is 8.86. The molecule has 0 radical (unpaired) electrons. The number of hydrogen-bond donors (Lipinski definition) is 0. The molecule has 112 valence electrons. The molecule has 0 bridgehead atoms. The van der Waals surface area contributed by atoms with Crippen molar-refractivity contribution in [2.24, 2.45) is 0 Å². The molecule has 6 heteroatoms. The van der Waals surface area contributed by atoms with Crippen LogP contribution in [-0.2, 0) is 0 Å². The summed E-state index contributed by atoms with van der Waals surface area (Å²) in [6, 6.07) is 9.68. The van der Waals surface area contributed by atoms with Crippen molar-refractivity contribution in [1.82, 2.24) is 0 Å². The molecule has 0 saturated heterocycles. The van der Waals surface area contributed by atoms with E-state index in [-0.39, 0.29) is 4.83 Å². The lowest BCUT2D eigenvalue weighted by molar-refractivity contribution is 0.354. The lowest BCUT2D eigenvalue weighted by Crippen LogP contribution is -1.98. The summed E-state index contributed by atoms with van der Waals surface area (Å²) >= 11 is 16.8. The van der Waals surface area contributed by atoms with E-state index in [0.717, 1.165) is 20.1 Å². The number of benzene rings is 2. The van der Waals surface area contributed by atoms with Crippen molar-refractivity contribution in [2.45, 2.75) is 4.83 Å². The first-order chi connectivity index (χ1) is 9.97. The maximum absolute atomic E-state index is 6.04. The Hall–Kier alpha value is -0.230. The topological polar surface area (TPSA) is 18.5 Å². The van der Waals surface area contributed by atoms with Crippen LogP contribution in [0.2, 0.25) is 5.02 Å². The molecule has 0 aliphatic carbocycles. The lowest BCUT2D eigenvalue weighted by Gasteiger charge is -2.17. The van der Waals surface area contributed by atoms with Crippen molar-refractivity contribution in [1.29, 1.82) is 0 Å². The van der Waals surface area contributed by atoms with Crippen LogP contribution in [0, 0.1) is 0 Å². The van der Waals surface area contributed by atoms with E-state index in [1.807, 2.05) is 30.3 Å². The Morgan fingerprint density at radius 1 is 0.952 bits per heavy atom. The molecular formula is C15H12Br3ClO2. The fourth-order valence-corrected chi connectivity index (χ4v) is 3.95. The van der Waals surface area contributed by atoms with Crippen LogP contribution in [-0.4, -0.2) is 14.2 Å². The molecular weight excluding hydrogens is 487 g/mol. The highest BCUT2D eigenvalue weighted by Crippen LogP contribution is 2.42. The number of ether oxygens (including phenoxy) is 2. The summed E-state index contributed by atoms with van der Waals surface area (Å²) in [6.45, 7) is 0. The predicted molar refractivity (Wildman–Crippen MR) is 97.2 cm³/mol. The molecule has 21 heavy (non-hydrogen) atoms. The van der Waals surface area contributed by atoms with Crippen molar-refractivity contribution >= 4 is 59.4 Å². The SMILES string of the molecule is COc1cc(Br)c(C(Br)c2ccc(Cl)c(Br)c2)cc1OC. The Bertz CT molecular complexity index is 662. The van der Waals surface area contributed by atoms with Crippen molar-refractivity contribution in [3.8, 4) is 11.5 Å². The van der Waals surface area contributed by atoms with Crippen molar-refractivity contribution in [2.75, 3.05) is 14.2 Å². The summed E-state index contributed by atoms with van der Waals surface area (Å²) in [6.07, 6.45) is 0. The predicted octanol–water partition coefficient (Wildman–Crippen LogP) is 6.37. The molecule has 2 aromatic rings. The van der Waals surface area contributed by atoms with Gasteiger partial charge in [-0.05, 0) is 51.3 Å². The molecule has 0 heterocycles. The van der Waals surface area contributed by atoms with Crippen LogP contribution in [0.3, 0.4) is 0 Å². The van der Waals surface area contributed by atoms with Gasteiger partial charge in [-0.3, -0.25) is 0 Å². The van der Waals surface area contributed by atoms with E-state index >= 15 is 0 Å². The molecule has 0 aliphatic rings. The van der Waals surface area contributed by atoms with Gasteiger partial charge in [0.15, 0.2) is 11.5 Å². The van der Waals surface area contributed by atoms with Crippen LogP contribution in [0.4, 0.5) is 0 Å². The van der Waals surface area contributed by atoms with Crippen LogP contribution < -0.4 is 9.47 Å². The molecule has 0 aliphatic heterocycles. The fraction of sp³-hybridized carbons (Fsp3) is 0.200. The zero-order valence-corrected chi connectivity index (χ0v) is 16.8. The van der Waals surface area contributed by atoms with Crippen molar-refractivity contribution in [3.05, 3.63) is 55.4 Å². The number of halogens is 4. The minimum atomic E-state index is 0.000229. The first kappa shape index (κ1) is 17.1. The minimum absolute atomic E-state index is 0.000229. The molecule has 0 spiro atoms. The van der Waals surface area contributed by atoms with Crippen LogP contribution in [0.5, 0.6) is 11.5 Å². The monoisotopic (exact) mass is 496 g/mol. The molecule has 0 N–H and O–H groups in total. The van der Waals surface area contributed by atoms with E-state index in [1.165, 1.54) is 0 Å². The van der Waals surface area contributed by atoms with E-state index < -0.39 is 0 Å². The Labute approximate surface area is 154 Å². The quantitative estimate of drug-likeness (QED) is 0.456. The van der Waals surface area contributed by atoms with Gasteiger partial charge < -0.3 is 9.47 Å². The molecule has 0 amide bonds. The molecule has 0 fully saturated rings. The van der Waals surface area contributed by atoms with Gasteiger partial charge in [0.25, 0.3) is 0 Å². The van der Waals surface area contributed by atoms with E-state index in [9.17, 15) is 0 Å². The zero-order valence-electron chi connectivity index (χ0n) is 11.3. The average Bonchev–Trinajstić information content (AvgIpc) is 2.49. The van der Waals surface area contributed by atoms with Crippen LogP contribution in [0.25, 0.3) is 0 Å². The molecule has 1 atom stereocenters. The number of rotatable bonds is 4. The van der Waals surface area contributed by atoms with Crippen LogP contribution in [0.15, 0.2) is 39.3 Å². The summed E-state index contributed by atoms with van der Waals surface area (Å²) in [4.78, 5) is 0.000229. The second-order valence-corrected chi connectivity index (χ2v) is 7.30. The van der Waals surface area contributed by atoms with Gasteiger partial charge in [-0.1, -0.05) is 49.5 Å². The number of hydrogen-bond acceptors (Lipinski definition) is 2. The summed E-state index contributed by atoms with van der Waals surface area (Å²) in [5.74, 6) is 1.37. The normalized spacial score (nSPS) is 12.1. The van der Waals surface area contributed by atoms with Crippen molar-refractivity contribution < 1.29 is 9.47 Å². The van der Waals surface area contributed by atoms with Gasteiger partial charge in [-0.15, -0.1) is 0 Å². The molecule has 1 unspecified atom stereocenters. The van der Waals surface area contributed by atoms with Gasteiger partial charge in [0.2, 0.25) is 0 Å². The number of methoxy groups -OCH3 is 2. The largest absolute Gasteiger partial charge is 0.493 e. The highest BCUT2D eigenvalue weighted by atomic mass is 79.9. The highest BCUT2D eigenvalue weighted by molar-refractivity contribution is 9.11. The zero-order chi connectivity index (χ0) is 15.6. The first-order valence-electron chi connectivity index (χ1n) is 5.98. The van der Waals surface area contributed by atoms with Gasteiger partial charge in [-0.25, -0.2) is 0 Å². The second kappa shape index (κ2) is 7.36. The van der Waals surface area contributed by atoms with Crippen molar-refractivity contribution in [3.63, 3.8) is 0 Å². The smallest absolute Gasteiger partial charge is 0.161 e. The third kappa shape index (κ3) is 3.76. The summed E-state index contributed by atoms with van der Waals surface area (Å²) in [5.41, 5.74) is 2.13. The Balaban J connectivity index is 2.47. The van der Waals surface area contributed by atoms with Gasteiger partial charge in [-0.2, -0.15) is 0 Å². The summed E-state index contributed by atoms with van der Waals surface area (Å²) in [5, 5.41) is 0.685. The van der Waals surface area contributed by atoms with E-state index in [1.54, 1.807) is 14.2 Å². The van der Waals surface area contributed by atoms with E-state index in [0.29, 0.717) is 16.5 Å². The maximum Gasteiger partial charge on any atom is 0.161 e. The third-order valence-electron chi connectivity index (χ3n) is 3.01. The standard InChI is InChI=1S/C15H12Br3ClO2/c1-20-13-6-9(10(16)7-14(13)21-2)15(18)8-3-4-12(19)11(17)5-8/h3-7,15H,1-2H3. The second-order valence-electron chi connectivity index (χ2n) is 4.26. The Kier molecular flexibility index (Phi) is 6.00. The van der Waals surface area contributed by atoms with Gasteiger partial charge in [0, 0.05) is 8.95 Å². The lowest BCUT2D eigenvalue weighted by atomic mass is 10.0. The molecule has 2 nitrogen and oxygen atoms in total. The fourth-order valence-electron chi connectivity index (χ4n) is 1.91. The summed E-state index contributed by atoms with van der Waals surface area (Å²) in [7, 11) is 3.24.